The van der Waals surface area contributed by atoms with Crippen LogP contribution in [0.15, 0.2) is 28.7 Å². The number of nitrogens with zero attached hydrogens (tertiary/aromatic N) is 1. The predicted octanol–water partition coefficient (Wildman–Crippen LogP) is 4.29. The van der Waals surface area contributed by atoms with E-state index in [-0.39, 0.29) is 5.78 Å². The maximum atomic E-state index is 12.2. The smallest absolute Gasteiger partial charge is 0.164 e. The summed E-state index contributed by atoms with van der Waals surface area (Å²) < 4.78 is 0.974. The Morgan fingerprint density at radius 3 is 3.00 bits per heavy atom. The molecule has 0 spiro atoms. The van der Waals surface area contributed by atoms with Crippen molar-refractivity contribution in [1.82, 2.24) is 4.90 Å². The fourth-order valence-electron chi connectivity index (χ4n) is 2.72. The zero-order valence-electron chi connectivity index (χ0n) is 11.6. The van der Waals surface area contributed by atoms with Crippen molar-refractivity contribution in [2.45, 2.75) is 45.1 Å². The van der Waals surface area contributed by atoms with Gasteiger partial charge in [0.15, 0.2) is 5.78 Å². The molecule has 1 aromatic rings. The first-order chi connectivity index (χ1) is 9.16. The number of carbonyl (C=O) groups is 1. The molecular weight excluding hydrogens is 302 g/mol. The summed E-state index contributed by atoms with van der Waals surface area (Å²) in [6.45, 7) is 4.33. The lowest BCUT2D eigenvalue weighted by Gasteiger charge is -2.26. The predicted molar refractivity (Wildman–Crippen MR) is 82.6 cm³/mol. The summed E-state index contributed by atoms with van der Waals surface area (Å²) in [5.41, 5.74) is 0.817. The Morgan fingerprint density at radius 2 is 2.21 bits per heavy atom. The molecule has 1 saturated heterocycles. The lowest BCUT2D eigenvalue weighted by atomic mass is 10.1. The van der Waals surface area contributed by atoms with E-state index in [0.29, 0.717) is 12.5 Å². The third-order valence-corrected chi connectivity index (χ3v) is 4.46. The van der Waals surface area contributed by atoms with Gasteiger partial charge in [0.1, 0.15) is 0 Å². The van der Waals surface area contributed by atoms with Gasteiger partial charge in [0.25, 0.3) is 0 Å². The molecule has 0 amide bonds. The summed E-state index contributed by atoms with van der Waals surface area (Å²) in [7, 11) is 0. The number of hydrogen-bond donors (Lipinski definition) is 0. The van der Waals surface area contributed by atoms with Crippen molar-refractivity contribution in [2.75, 3.05) is 13.1 Å². The van der Waals surface area contributed by atoms with Crippen molar-refractivity contribution in [1.29, 1.82) is 0 Å². The lowest BCUT2D eigenvalue weighted by molar-refractivity contribution is 0.0954. The van der Waals surface area contributed by atoms with Gasteiger partial charge in [-0.3, -0.25) is 4.79 Å². The molecule has 1 unspecified atom stereocenters. The summed E-state index contributed by atoms with van der Waals surface area (Å²) in [4.78, 5) is 14.7. The fourth-order valence-corrected chi connectivity index (χ4v) is 3.12. The van der Waals surface area contributed by atoms with Crippen LogP contribution in [0.3, 0.4) is 0 Å². The van der Waals surface area contributed by atoms with Crippen LogP contribution in [0.25, 0.3) is 0 Å². The molecule has 104 valence electrons. The number of likely N-dealkylation sites (tertiary alicyclic amines) is 1. The zero-order chi connectivity index (χ0) is 13.7. The second-order valence-electron chi connectivity index (χ2n) is 5.42. The van der Waals surface area contributed by atoms with Gasteiger partial charge in [0.05, 0.1) is 0 Å². The minimum atomic E-state index is 0.248. The van der Waals surface area contributed by atoms with Gasteiger partial charge >= 0.3 is 0 Å². The van der Waals surface area contributed by atoms with Crippen molar-refractivity contribution >= 4 is 21.7 Å². The van der Waals surface area contributed by atoms with Crippen molar-refractivity contribution in [3.8, 4) is 0 Å². The quantitative estimate of drug-likeness (QED) is 0.770. The van der Waals surface area contributed by atoms with Gasteiger partial charge in [-0.05, 0) is 38.4 Å². The van der Waals surface area contributed by atoms with Gasteiger partial charge in [-0.1, -0.05) is 40.9 Å². The highest BCUT2D eigenvalue weighted by molar-refractivity contribution is 9.10. The van der Waals surface area contributed by atoms with Gasteiger partial charge in [0, 0.05) is 29.0 Å². The molecule has 1 aromatic carbocycles. The zero-order valence-corrected chi connectivity index (χ0v) is 13.2. The molecule has 1 aliphatic heterocycles. The molecular formula is C16H22BrNO. The molecule has 0 bridgehead atoms. The topological polar surface area (TPSA) is 20.3 Å². The molecule has 0 saturated carbocycles. The van der Waals surface area contributed by atoms with Crippen LogP contribution in [0.5, 0.6) is 0 Å². The van der Waals surface area contributed by atoms with E-state index in [0.717, 1.165) is 23.1 Å². The van der Waals surface area contributed by atoms with E-state index in [2.05, 4.69) is 27.8 Å². The number of halogens is 1. The third-order valence-electron chi connectivity index (χ3n) is 3.96. The van der Waals surface area contributed by atoms with Crippen LogP contribution in [-0.2, 0) is 0 Å². The Hall–Kier alpha value is -0.670. The van der Waals surface area contributed by atoms with E-state index in [4.69, 9.17) is 0 Å². The Bertz CT molecular complexity index is 433. The summed E-state index contributed by atoms with van der Waals surface area (Å²) in [5.74, 6) is 0.248. The van der Waals surface area contributed by atoms with Gasteiger partial charge < -0.3 is 4.90 Å². The SMILES string of the molecule is CC1CCCCCN1CCC(=O)c1cccc(Br)c1. The van der Waals surface area contributed by atoms with E-state index >= 15 is 0 Å². The highest BCUT2D eigenvalue weighted by Crippen LogP contribution is 2.18. The minimum Gasteiger partial charge on any atom is -0.300 e. The molecule has 0 aromatic heterocycles. The van der Waals surface area contributed by atoms with E-state index in [9.17, 15) is 4.79 Å². The van der Waals surface area contributed by atoms with Crippen LogP contribution in [-0.4, -0.2) is 29.8 Å². The van der Waals surface area contributed by atoms with Crippen molar-refractivity contribution in [2.24, 2.45) is 0 Å². The number of carbonyl (C=O) groups excluding carboxylic acids is 1. The first-order valence-corrected chi connectivity index (χ1v) is 7.99. The summed E-state index contributed by atoms with van der Waals surface area (Å²) in [6.07, 6.45) is 5.83. The fraction of sp³-hybridized carbons (Fsp3) is 0.562. The molecule has 19 heavy (non-hydrogen) atoms. The second kappa shape index (κ2) is 7.20. The molecule has 1 aliphatic rings. The third kappa shape index (κ3) is 4.43. The highest BCUT2D eigenvalue weighted by Gasteiger charge is 2.17. The Kier molecular flexibility index (Phi) is 5.59. The lowest BCUT2D eigenvalue weighted by Crippen LogP contribution is -2.34. The molecule has 1 heterocycles. The molecule has 3 heteroatoms. The first kappa shape index (κ1) is 14.7. The van der Waals surface area contributed by atoms with Crippen LogP contribution >= 0.6 is 15.9 Å². The average Bonchev–Trinajstić information content (AvgIpc) is 2.61. The Labute approximate surface area is 124 Å². The first-order valence-electron chi connectivity index (χ1n) is 7.19. The molecule has 1 atom stereocenters. The maximum Gasteiger partial charge on any atom is 0.164 e. The van der Waals surface area contributed by atoms with Crippen LogP contribution < -0.4 is 0 Å². The summed E-state index contributed by atoms with van der Waals surface area (Å²) >= 11 is 3.42. The van der Waals surface area contributed by atoms with Crippen LogP contribution in [0.1, 0.15) is 49.4 Å². The highest BCUT2D eigenvalue weighted by atomic mass is 79.9. The van der Waals surface area contributed by atoms with Gasteiger partial charge in [-0.15, -0.1) is 0 Å². The normalized spacial score (nSPS) is 21.1. The van der Waals surface area contributed by atoms with Crippen molar-refractivity contribution < 1.29 is 4.79 Å². The van der Waals surface area contributed by atoms with Crippen LogP contribution in [0, 0.1) is 0 Å². The number of rotatable bonds is 4. The second-order valence-corrected chi connectivity index (χ2v) is 6.33. The van der Waals surface area contributed by atoms with Crippen LogP contribution in [0.4, 0.5) is 0 Å². The maximum absolute atomic E-state index is 12.2. The monoisotopic (exact) mass is 323 g/mol. The molecule has 0 radical (unpaired) electrons. The summed E-state index contributed by atoms with van der Waals surface area (Å²) in [5, 5.41) is 0. The number of ketones is 1. The van der Waals surface area contributed by atoms with Gasteiger partial charge in [-0.2, -0.15) is 0 Å². The van der Waals surface area contributed by atoms with E-state index in [1.54, 1.807) is 0 Å². The number of Topliss-reactive ketones (excluding diaryl/α,β-unsaturated/α-hetero) is 1. The Morgan fingerprint density at radius 1 is 1.37 bits per heavy atom. The molecule has 0 N–H and O–H groups in total. The van der Waals surface area contributed by atoms with E-state index in [1.165, 1.54) is 25.7 Å². The minimum absolute atomic E-state index is 0.248. The Balaban J connectivity index is 1.89. The van der Waals surface area contributed by atoms with Crippen molar-refractivity contribution in [3.63, 3.8) is 0 Å². The average molecular weight is 324 g/mol. The molecule has 0 aliphatic carbocycles. The van der Waals surface area contributed by atoms with E-state index < -0.39 is 0 Å². The molecule has 2 nitrogen and oxygen atoms in total. The largest absolute Gasteiger partial charge is 0.300 e. The standard InChI is InChI=1S/C16H22BrNO/c1-13-6-3-2-4-10-18(13)11-9-16(19)14-7-5-8-15(17)12-14/h5,7-8,12-13H,2-4,6,9-11H2,1H3. The molecule has 1 fully saturated rings. The summed E-state index contributed by atoms with van der Waals surface area (Å²) in [6, 6.07) is 8.31. The van der Waals surface area contributed by atoms with Gasteiger partial charge in [0.2, 0.25) is 0 Å². The number of benzene rings is 1. The van der Waals surface area contributed by atoms with E-state index in [1.807, 2.05) is 24.3 Å². The van der Waals surface area contributed by atoms with Crippen molar-refractivity contribution in [3.05, 3.63) is 34.3 Å². The molecule has 2 rings (SSSR count). The number of hydrogen-bond acceptors (Lipinski definition) is 2. The van der Waals surface area contributed by atoms with Crippen LogP contribution in [0.2, 0.25) is 0 Å². The van der Waals surface area contributed by atoms with Gasteiger partial charge in [-0.25, -0.2) is 0 Å².